The molecule has 180 valence electrons. The average molecular weight is 480 g/mol. The Morgan fingerprint density at radius 1 is 1.03 bits per heavy atom. The number of rotatable bonds is 4. The van der Waals surface area contributed by atoms with Gasteiger partial charge in [0.15, 0.2) is 0 Å². The molecule has 1 amide bonds. The Labute approximate surface area is 203 Å². The molecule has 5 rings (SSSR count). The van der Waals surface area contributed by atoms with Crippen LogP contribution in [-0.2, 0) is 30.6 Å². The highest BCUT2D eigenvalue weighted by Crippen LogP contribution is 2.34. The number of hydrogen-bond acceptors (Lipinski definition) is 4. The molecule has 7 heteroatoms. The minimum Gasteiger partial charge on any atom is -0.341 e. The predicted molar refractivity (Wildman–Crippen MR) is 137 cm³/mol. The van der Waals surface area contributed by atoms with Gasteiger partial charge < -0.3 is 4.90 Å². The lowest BCUT2D eigenvalue weighted by Gasteiger charge is -2.35. The lowest BCUT2D eigenvalue weighted by Crippen LogP contribution is -2.46. The van der Waals surface area contributed by atoms with Crippen LogP contribution < -0.4 is 11.2 Å². The third-order valence-electron chi connectivity index (χ3n) is 7.35. The zero-order valence-electron chi connectivity index (χ0n) is 20.3. The summed E-state index contributed by atoms with van der Waals surface area (Å²) < 4.78 is 2.85. The number of likely N-dealkylation sites (tertiary alicyclic amines) is 1. The maximum atomic E-state index is 13.8. The van der Waals surface area contributed by atoms with E-state index in [0.717, 1.165) is 62.7 Å². The molecule has 0 spiro atoms. The number of hydrogen-bond donors (Lipinski definition) is 0. The number of piperidine rings is 1. The number of nitrogens with zero attached hydrogens (tertiary/aromatic N) is 3. The summed E-state index contributed by atoms with van der Waals surface area (Å²) in [5.74, 6) is 0.855. The first-order valence-electron chi connectivity index (χ1n) is 12.5. The van der Waals surface area contributed by atoms with Crippen molar-refractivity contribution in [1.82, 2.24) is 14.0 Å². The molecular formula is C27H33N3O3S. The molecule has 1 aliphatic carbocycles. The summed E-state index contributed by atoms with van der Waals surface area (Å²) in [6.07, 6.45) is 5.93. The van der Waals surface area contributed by atoms with E-state index in [1.807, 2.05) is 29.2 Å². The van der Waals surface area contributed by atoms with Gasteiger partial charge in [-0.05, 0) is 73.6 Å². The van der Waals surface area contributed by atoms with Crippen molar-refractivity contribution in [3.8, 4) is 5.69 Å². The maximum Gasteiger partial charge on any atom is 0.337 e. The molecule has 0 bridgehead atoms. The van der Waals surface area contributed by atoms with Crippen LogP contribution in [0.4, 0.5) is 0 Å². The van der Waals surface area contributed by atoms with E-state index >= 15 is 0 Å². The van der Waals surface area contributed by atoms with Gasteiger partial charge in [0.25, 0.3) is 5.56 Å². The van der Waals surface area contributed by atoms with Gasteiger partial charge in [-0.3, -0.25) is 14.2 Å². The second kappa shape index (κ2) is 9.17. The van der Waals surface area contributed by atoms with E-state index in [4.69, 9.17) is 0 Å². The van der Waals surface area contributed by atoms with Crippen molar-refractivity contribution in [2.45, 2.75) is 65.8 Å². The van der Waals surface area contributed by atoms with Gasteiger partial charge >= 0.3 is 5.69 Å². The zero-order valence-corrected chi connectivity index (χ0v) is 21.1. The molecular weight excluding hydrogens is 446 g/mol. The van der Waals surface area contributed by atoms with Gasteiger partial charge in [0, 0.05) is 18.0 Å². The Morgan fingerprint density at radius 3 is 2.38 bits per heavy atom. The van der Waals surface area contributed by atoms with E-state index in [0.29, 0.717) is 27.7 Å². The fraction of sp³-hybridized carbons (Fsp3) is 0.519. The normalized spacial score (nSPS) is 20.5. The number of carbonyl (C=O) groups excluding carboxylic acids is 1. The monoisotopic (exact) mass is 479 g/mol. The first kappa shape index (κ1) is 23.1. The predicted octanol–water partition coefficient (Wildman–Crippen LogP) is 4.16. The van der Waals surface area contributed by atoms with Crippen LogP contribution in [0.5, 0.6) is 0 Å². The summed E-state index contributed by atoms with van der Waals surface area (Å²) in [6, 6.07) is 7.60. The summed E-state index contributed by atoms with van der Waals surface area (Å²) in [7, 11) is 0. The molecule has 1 saturated heterocycles. The van der Waals surface area contributed by atoms with Crippen LogP contribution in [0.25, 0.3) is 15.9 Å². The highest BCUT2D eigenvalue weighted by Gasteiger charge is 2.28. The molecule has 1 fully saturated rings. The van der Waals surface area contributed by atoms with Gasteiger partial charge in [0.05, 0.1) is 11.1 Å². The third kappa shape index (κ3) is 4.04. The lowest BCUT2D eigenvalue weighted by molar-refractivity contribution is -0.134. The summed E-state index contributed by atoms with van der Waals surface area (Å²) >= 11 is 1.53. The third-order valence-corrected chi connectivity index (χ3v) is 8.67. The minimum atomic E-state index is -0.424. The highest BCUT2D eigenvalue weighted by molar-refractivity contribution is 7.18. The van der Waals surface area contributed by atoms with Gasteiger partial charge in [-0.2, -0.15) is 0 Å². The molecule has 1 aliphatic heterocycles. The smallest absolute Gasteiger partial charge is 0.337 e. The van der Waals surface area contributed by atoms with Crippen molar-refractivity contribution >= 4 is 27.5 Å². The Balaban J connectivity index is 1.67. The molecule has 2 aromatic heterocycles. The van der Waals surface area contributed by atoms with Crippen molar-refractivity contribution in [2.75, 3.05) is 13.1 Å². The van der Waals surface area contributed by atoms with Gasteiger partial charge in [0.1, 0.15) is 11.4 Å². The number of amides is 1. The van der Waals surface area contributed by atoms with Crippen LogP contribution in [0.2, 0.25) is 0 Å². The van der Waals surface area contributed by atoms with E-state index in [-0.39, 0.29) is 18.0 Å². The fourth-order valence-electron chi connectivity index (χ4n) is 5.72. The van der Waals surface area contributed by atoms with E-state index in [1.165, 1.54) is 20.8 Å². The van der Waals surface area contributed by atoms with Crippen LogP contribution in [0.3, 0.4) is 0 Å². The lowest BCUT2D eigenvalue weighted by atomic mass is 9.92. The second-order valence-electron chi connectivity index (χ2n) is 10.2. The van der Waals surface area contributed by atoms with Gasteiger partial charge in [0.2, 0.25) is 5.91 Å². The van der Waals surface area contributed by atoms with Crippen LogP contribution >= 0.6 is 11.3 Å². The van der Waals surface area contributed by atoms with Gasteiger partial charge in [-0.15, -0.1) is 11.3 Å². The molecule has 0 radical (unpaired) electrons. The topological polar surface area (TPSA) is 64.3 Å². The molecule has 1 aromatic carbocycles. The van der Waals surface area contributed by atoms with E-state index < -0.39 is 5.69 Å². The highest BCUT2D eigenvalue weighted by atomic mass is 32.1. The molecule has 0 unspecified atom stereocenters. The largest absolute Gasteiger partial charge is 0.341 e. The number of fused-ring (bicyclic) bond motifs is 3. The van der Waals surface area contributed by atoms with Crippen LogP contribution in [0, 0.1) is 11.8 Å². The van der Waals surface area contributed by atoms with Crippen molar-refractivity contribution in [2.24, 2.45) is 11.8 Å². The molecule has 2 aliphatic rings. The first-order chi connectivity index (χ1) is 16.4. The van der Waals surface area contributed by atoms with E-state index in [9.17, 15) is 14.4 Å². The number of carbonyl (C=O) groups is 1. The maximum absolute atomic E-state index is 13.8. The standard InChI is InChI=1S/C27H33N3O3S/c1-4-19-9-11-20(12-10-19)30-25(32)24-21-7-5-6-8-22(21)34-26(24)29(27(30)33)16-23(31)28-14-17(2)13-18(3)15-28/h9-12,17-18H,4-8,13-16H2,1-3H3/t17-,18+. The summed E-state index contributed by atoms with van der Waals surface area (Å²) in [5, 5.41) is 0.632. The van der Waals surface area contributed by atoms with Crippen molar-refractivity contribution < 1.29 is 4.79 Å². The SMILES string of the molecule is CCc1ccc(-n2c(=O)c3c4c(sc3n(CC(=O)N3C[C@H](C)C[C@H](C)C3)c2=O)CCCC4)cc1. The number of aryl methyl sites for hydroxylation is 3. The Hall–Kier alpha value is -2.67. The average Bonchev–Trinajstić information content (AvgIpc) is 3.21. The van der Waals surface area contributed by atoms with Crippen molar-refractivity contribution in [3.63, 3.8) is 0 Å². The molecule has 0 saturated carbocycles. The minimum absolute atomic E-state index is 0.0263. The Kier molecular flexibility index (Phi) is 6.23. The van der Waals surface area contributed by atoms with E-state index in [2.05, 4.69) is 20.8 Å². The Morgan fingerprint density at radius 2 is 1.71 bits per heavy atom. The zero-order chi connectivity index (χ0) is 24.0. The molecule has 2 atom stereocenters. The molecule has 6 nitrogen and oxygen atoms in total. The van der Waals surface area contributed by atoms with E-state index in [1.54, 1.807) is 4.57 Å². The van der Waals surface area contributed by atoms with Crippen LogP contribution in [0.15, 0.2) is 33.9 Å². The van der Waals surface area contributed by atoms with Crippen molar-refractivity contribution in [1.29, 1.82) is 0 Å². The number of aromatic nitrogens is 2. The first-order valence-corrected chi connectivity index (χ1v) is 13.4. The van der Waals surface area contributed by atoms with Gasteiger partial charge in [-0.1, -0.05) is 32.9 Å². The molecule has 3 aromatic rings. The van der Waals surface area contributed by atoms with Crippen LogP contribution in [0.1, 0.15) is 56.0 Å². The summed E-state index contributed by atoms with van der Waals surface area (Å²) in [5.41, 5.74) is 2.11. The van der Waals surface area contributed by atoms with Crippen LogP contribution in [-0.4, -0.2) is 33.0 Å². The second-order valence-corrected chi connectivity index (χ2v) is 11.2. The Bertz CT molecular complexity index is 1340. The number of benzene rings is 1. The number of thiophene rings is 1. The van der Waals surface area contributed by atoms with Crippen molar-refractivity contribution in [3.05, 3.63) is 61.1 Å². The van der Waals surface area contributed by atoms with Gasteiger partial charge in [-0.25, -0.2) is 9.36 Å². The fourth-order valence-corrected chi connectivity index (χ4v) is 7.09. The molecule has 34 heavy (non-hydrogen) atoms. The molecule has 0 N–H and O–H groups in total. The summed E-state index contributed by atoms with van der Waals surface area (Å²) in [4.78, 5) is 44.7. The summed E-state index contributed by atoms with van der Waals surface area (Å²) in [6.45, 7) is 7.84. The molecule has 3 heterocycles. The quantitative estimate of drug-likeness (QED) is 0.564.